The van der Waals surface area contributed by atoms with Crippen LogP contribution in [0.4, 0.5) is 10.1 Å². The summed E-state index contributed by atoms with van der Waals surface area (Å²) in [5.74, 6) is -0.930. The van der Waals surface area contributed by atoms with Crippen LogP contribution in [0.5, 0.6) is 5.75 Å². The SMILES string of the molecule is COc1ccc(F)cc1C(=O)N1CC(=O)N(c2cccc(Cl)c2)C[C@H]1C. The third-order valence-corrected chi connectivity index (χ3v) is 4.59. The molecule has 2 aromatic carbocycles. The first-order valence-electron chi connectivity index (χ1n) is 8.11. The first-order valence-corrected chi connectivity index (χ1v) is 8.49. The van der Waals surface area contributed by atoms with Gasteiger partial charge in [0.25, 0.3) is 5.91 Å². The van der Waals surface area contributed by atoms with Gasteiger partial charge in [0.1, 0.15) is 18.1 Å². The van der Waals surface area contributed by atoms with E-state index in [1.54, 1.807) is 29.2 Å². The fourth-order valence-electron chi connectivity index (χ4n) is 3.02. The van der Waals surface area contributed by atoms with Gasteiger partial charge in [0.05, 0.1) is 12.7 Å². The highest BCUT2D eigenvalue weighted by Crippen LogP contribution is 2.26. The lowest BCUT2D eigenvalue weighted by Gasteiger charge is -2.39. The molecule has 0 N–H and O–H groups in total. The van der Waals surface area contributed by atoms with Crippen LogP contribution in [0.25, 0.3) is 0 Å². The third kappa shape index (κ3) is 3.51. The molecular formula is C19H18ClFN2O3. The second-order valence-corrected chi connectivity index (χ2v) is 6.55. The monoisotopic (exact) mass is 376 g/mol. The second kappa shape index (κ2) is 7.33. The fraction of sp³-hybridized carbons (Fsp3) is 0.263. The fourth-order valence-corrected chi connectivity index (χ4v) is 3.20. The first-order chi connectivity index (χ1) is 12.4. The summed E-state index contributed by atoms with van der Waals surface area (Å²) < 4.78 is 18.7. The highest BCUT2D eigenvalue weighted by Gasteiger charge is 2.34. The second-order valence-electron chi connectivity index (χ2n) is 6.11. The number of nitrogens with zero attached hydrogens (tertiary/aromatic N) is 2. The van der Waals surface area contributed by atoms with Gasteiger partial charge < -0.3 is 14.5 Å². The largest absolute Gasteiger partial charge is 0.496 e. The average molecular weight is 377 g/mol. The van der Waals surface area contributed by atoms with Gasteiger partial charge in [-0.25, -0.2) is 4.39 Å². The van der Waals surface area contributed by atoms with Crippen LogP contribution >= 0.6 is 11.6 Å². The molecule has 1 fully saturated rings. The van der Waals surface area contributed by atoms with Gasteiger partial charge >= 0.3 is 0 Å². The van der Waals surface area contributed by atoms with Gasteiger partial charge in [-0.2, -0.15) is 0 Å². The summed E-state index contributed by atoms with van der Waals surface area (Å²) in [6, 6.07) is 10.5. The summed E-state index contributed by atoms with van der Waals surface area (Å²) in [4.78, 5) is 28.5. The highest BCUT2D eigenvalue weighted by atomic mass is 35.5. The molecule has 0 saturated carbocycles. The number of methoxy groups -OCH3 is 1. The van der Waals surface area contributed by atoms with Gasteiger partial charge in [-0.3, -0.25) is 9.59 Å². The van der Waals surface area contributed by atoms with Crippen LogP contribution in [0.2, 0.25) is 5.02 Å². The van der Waals surface area contributed by atoms with Gasteiger partial charge in [0, 0.05) is 23.3 Å². The zero-order valence-electron chi connectivity index (χ0n) is 14.4. The predicted octanol–water partition coefficient (Wildman–Crippen LogP) is 3.37. The summed E-state index contributed by atoms with van der Waals surface area (Å²) in [6.07, 6.45) is 0. The summed E-state index contributed by atoms with van der Waals surface area (Å²) in [6.45, 7) is 2.06. The number of carbonyl (C=O) groups excluding carboxylic acids is 2. The number of amides is 2. The van der Waals surface area contributed by atoms with Crippen molar-refractivity contribution in [3.8, 4) is 5.75 Å². The van der Waals surface area contributed by atoms with Crippen LogP contribution in [0, 0.1) is 5.82 Å². The molecular weight excluding hydrogens is 359 g/mol. The minimum Gasteiger partial charge on any atom is -0.496 e. The molecule has 0 aliphatic carbocycles. The van der Waals surface area contributed by atoms with E-state index in [4.69, 9.17) is 16.3 Å². The van der Waals surface area contributed by atoms with Crippen LogP contribution in [-0.4, -0.2) is 43.0 Å². The summed E-state index contributed by atoms with van der Waals surface area (Å²) in [5.41, 5.74) is 0.785. The minimum atomic E-state index is -0.536. The zero-order chi connectivity index (χ0) is 18.8. The van der Waals surface area contributed by atoms with Crippen molar-refractivity contribution in [3.63, 3.8) is 0 Å². The molecule has 2 amide bonds. The topological polar surface area (TPSA) is 49.9 Å². The molecule has 1 heterocycles. The molecule has 0 aromatic heterocycles. The molecule has 26 heavy (non-hydrogen) atoms. The predicted molar refractivity (Wildman–Crippen MR) is 97.3 cm³/mol. The Bertz CT molecular complexity index is 858. The van der Waals surface area contributed by atoms with Gasteiger partial charge in [0.15, 0.2) is 0 Å². The number of anilines is 1. The summed E-state index contributed by atoms with van der Waals surface area (Å²) in [7, 11) is 1.41. The lowest BCUT2D eigenvalue weighted by Crippen LogP contribution is -2.57. The number of carbonyl (C=O) groups is 2. The van der Waals surface area contributed by atoms with Crippen molar-refractivity contribution in [2.24, 2.45) is 0 Å². The average Bonchev–Trinajstić information content (AvgIpc) is 2.62. The van der Waals surface area contributed by atoms with Crippen molar-refractivity contribution in [1.29, 1.82) is 0 Å². The summed E-state index contributed by atoms with van der Waals surface area (Å²) in [5, 5.41) is 0.533. The van der Waals surface area contributed by atoms with E-state index in [1.165, 1.54) is 24.1 Å². The number of hydrogen-bond acceptors (Lipinski definition) is 3. The normalized spacial score (nSPS) is 17.4. The Morgan fingerprint density at radius 3 is 2.73 bits per heavy atom. The Morgan fingerprint density at radius 2 is 2.04 bits per heavy atom. The van der Waals surface area contributed by atoms with E-state index in [0.717, 1.165) is 6.07 Å². The van der Waals surface area contributed by atoms with E-state index in [-0.39, 0.29) is 29.8 Å². The van der Waals surface area contributed by atoms with Gasteiger partial charge in [-0.05, 0) is 43.3 Å². The van der Waals surface area contributed by atoms with Crippen molar-refractivity contribution in [1.82, 2.24) is 4.90 Å². The Hall–Kier alpha value is -2.60. The van der Waals surface area contributed by atoms with Gasteiger partial charge in [-0.15, -0.1) is 0 Å². The molecule has 0 unspecified atom stereocenters. The molecule has 5 nitrogen and oxygen atoms in total. The molecule has 0 radical (unpaired) electrons. The number of hydrogen-bond donors (Lipinski definition) is 0. The number of benzene rings is 2. The lowest BCUT2D eigenvalue weighted by molar-refractivity contribution is -0.121. The van der Waals surface area contributed by atoms with E-state index < -0.39 is 11.7 Å². The number of halogens is 2. The maximum Gasteiger partial charge on any atom is 0.258 e. The van der Waals surface area contributed by atoms with E-state index in [1.807, 2.05) is 6.92 Å². The molecule has 1 aliphatic rings. The van der Waals surface area contributed by atoms with Crippen molar-refractivity contribution in [2.45, 2.75) is 13.0 Å². The van der Waals surface area contributed by atoms with Crippen LogP contribution < -0.4 is 9.64 Å². The molecule has 136 valence electrons. The smallest absolute Gasteiger partial charge is 0.258 e. The van der Waals surface area contributed by atoms with Gasteiger partial charge in [0.2, 0.25) is 5.91 Å². The van der Waals surface area contributed by atoms with Gasteiger partial charge in [-0.1, -0.05) is 17.7 Å². The highest BCUT2D eigenvalue weighted by molar-refractivity contribution is 6.30. The zero-order valence-corrected chi connectivity index (χ0v) is 15.2. The van der Waals surface area contributed by atoms with E-state index in [0.29, 0.717) is 17.3 Å². The summed E-state index contributed by atoms with van der Waals surface area (Å²) >= 11 is 6.00. The number of rotatable bonds is 3. The Morgan fingerprint density at radius 1 is 1.27 bits per heavy atom. The number of ether oxygens (including phenoxy) is 1. The van der Waals surface area contributed by atoms with E-state index in [2.05, 4.69) is 0 Å². The molecule has 7 heteroatoms. The van der Waals surface area contributed by atoms with Crippen molar-refractivity contribution in [3.05, 3.63) is 58.9 Å². The molecule has 0 bridgehead atoms. The molecule has 2 aromatic rings. The van der Waals surface area contributed by atoms with Crippen molar-refractivity contribution in [2.75, 3.05) is 25.1 Å². The Balaban J connectivity index is 1.85. The molecule has 1 atom stereocenters. The van der Waals surface area contributed by atoms with Crippen LogP contribution in [0.3, 0.4) is 0 Å². The minimum absolute atomic E-state index is 0.100. The van der Waals surface area contributed by atoms with Crippen molar-refractivity contribution < 1.29 is 18.7 Å². The molecule has 1 aliphatic heterocycles. The molecule has 0 spiro atoms. The first kappa shape index (κ1) is 18.2. The maximum atomic E-state index is 13.6. The van der Waals surface area contributed by atoms with Crippen LogP contribution in [0.1, 0.15) is 17.3 Å². The van der Waals surface area contributed by atoms with E-state index in [9.17, 15) is 14.0 Å². The standard InChI is InChI=1S/C19H18ClFN2O3/c1-12-10-23(15-5-3-4-13(20)8-15)18(24)11-22(12)19(25)16-9-14(21)6-7-17(16)26-2/h3-9,12H,10-11H2,1-2H3/t12-/m1/s1. The quantitative estimate of drug-likeness (QED) is 0.825. The van der Waals surface area contributed by atoms with Crippen molar-refractivity contribution >= 4 is 29.1 Å². The molecule has 1 saturated heterocycles. The number of piperazine rings is 1. The van der Waals surface area contributed by atoms with E-state index >= 15 is 0 Å². The third-order valence-electron chi connectivity index (χ3n) is 4.36. The maximum absolute atomic E-state index is 13.6. The molecule has 3 rings (SSSR count). The van der Waals surface area contributed by atoms with Crippen LogP contribution in [0.15, 0.2) is 42.5 Å². The Labute approximate surface area is 155 Å². The Kier molecular flexibility index (Phi) is 5.13. The lowest BCUT2D eigenvalue weighted by atomic mass is 10.1. The van der Waals surface area contributed by atoms with Crippen LogP contribution in [-0.2, 0) is 4.79 Å².